The van der Waals surface area contributed by atoms with Crippen LogP contribution in [0.5, 0.6) is 0 Å². The van der Waals surface area contributed by atoms with Crippen LogP contribution in [0.25, 0.3) is 10.4 Å². The Labute approximate surface area is 176 Å². The molecule has 0 bridgehead atoms. The molecule has 3 rings (SSSR count). The lowest BCUT2D eigenvalue weighted by Crippen LogP contribution is -2.17. The van der Waals surface area contributed by atoms with E-state index in [1.54, 1.807) is 0 Å². The lowest BCUT2D eigenvalue weighted by molar-refractivity contribution is 0.0697. The molecular weight excluding hydrogens is 419 g/mol. The number of hydrogen-bond acceptors (Lipinski definition) is 5. The van der Waals surface area contributed by atoms with Gasteiger partial charge in [0.2, 0.25) is 0 Å². The normalized spacial score (nSPS) is 10.9. The highest BCUT2D eigenvalue weighted by molar-refractivity contribution is 7.97. The molecule has 8 heteroatoms. The molecule has 3 aromatic rings. The number of rotatable bonds is 7. The van der Waals surface area contributed by atoms with Crippen molar-refractivity contribution in [2.24, 2.45) is 0 Å². The second kappa shape index (κ2) is 8.96. The van der Waals surface area contributed by atoms with Gasteiger partial charge in [0, 0.05) is 27.6 Å². The number of carbonyl (C=O) groups is 1. The molecule has 28 heavy (non-hydrogen) atoms. The van der Waals surface area contributed by atoms with Crippen LogP contribution in [0.2, 0.25) is 5.02 Å². The molecule has 0 radical (unpaired) electrons. The number of hydrogen-bond donors (Lipinski definition) is 2. The summed E-state index contributed by atoms with van der Waals surface area (Å²) < 4.78 is 17.0. The zero-order valence-electron chi connectivity index (χ0n) is 15.2. The fraction of sp³-hybridized carbons (Fsp3) is 0.150. The van der Waals surface area contributed by atoms with E-state index in [1.165, 1.54) is 18.0 Å². The number of nitrogens with zero attached hydrogens (tertiary/aromatic N) is 1. The van der Waals surface area contributed by atoms with Crippen molar-refractivity contribution in [3.05, 3.63) is 64.2 Å². The molecule has 0 saturated heterocycles. The van der Waals surface area contributed by atoms with Gasteiger partial charge in [0.1, 0.15) is 10.7 Å². The van der Waals surface area contributed by atoms with E-state index in [0.29, 0.717) is 15.5 Å². The summed E-state index contributed by atoms with van der Waals surface area (Å²) in [5.74, 6) is -2.04. The van der Waals surface area contributed by atoms with E-state index in [4.69, 9.17) is 16.7 Å². The summed E-state index contributed by atoms with van der Waals surface area (Å²) in [6.45, 7) is 2.78. The number of thiophene rings is 1. The predicted molar refractivity (Wildman–Crippen MR) is 116 cm³/mol. The van der Waals surface area contributed by atoms with Crippen LogP contribution in [0.4, 0.5) is 15.8 Å². The Morgan fingerprint density at radius 3 is 2.57 bits per heavy atom. The molecule has 0 unspecified atom stereocenters. The van der Waals surface area contributed by atoms with Crippen LogP contribution in [-0.2, 0) is 0 Å². The average molecular weight is 437 g/mol. The first-order valence-electron chi connectivity index (χ1n) is 8.49. The van der Waals surface area contributed by atoms with Crippen LogP contribution in [-0.4, -0.2) is 24.7 Å². The van der Waals surface area contributed by atoms with Crippen LogP contribution >= 0.6 is 34.9 Å². The largest absolute Gasteiger partial charge is 0.477 e. The smallest absolute Gasteiger partial charge is 0.348 e. The number of carboxylic acids is 1. The topological polar surface area (TPSA) is 52.6 Å². The molecule has 2 N–H and O–H groups in total. The van der Waals surface area contributed by atoms with Gasteiger partial charge in [0.05, 0.1) is 10.7 Å². The SMILES string of the molecule is CCN(c1ccccc1)c1cc(Cl)c(-c2cc(F)c(C(=O)O)s2)cc1SNC. The van der Waals surface area contributed by atoms with Crippen molar-refractivity contribution < 1.29 is 14.3 Å². The third-order valence-electron chi connectivity index (χ3n) is 4.08. The number of aromatic carboxylic acids is 1. The van der Waals surface area contributed by atoms with Gasteiger partial charge in [-0.3, -0.25) is 4.72 Å². The van der Waals surface area contributed by atoms with Crippen molar-refractivity contribution in [2.45, 2.75) is 11.8 Å². The van der Waals surface area contributed by atoms with Gasteiger partial charge in [-0.15, -0.1) is 11.3 Å². The molecule has 0 amide bonds. The molecular formula is C20H18ClFN2O2S2. The summed E-state index contributed by atoms with van der Waals surface area (Å²) in [5, 5.41) is 9.56. The predicted octanol–water partition coefficient (Wildman–Crippen LogP) is 6.29. The molecule has 0 aliphatic carbocycles. The minimum atomic E-state index is -1.28. The highest BCUT2D eigenvalue weighted by Crippen LogP contribution is 2.43. The Kier molecular flexibility index (Phi) is 6.61. The first kappa shape index (κ1) is 20.7. The first-order chi connectivity index (χ1) is 13.5. The summed E-state index contributed by atoms with van der Waals surface area (Å²) in [6, 6.07) is 14.9. The summed E-state index contributed by atoms with van der Waals surface area (Å²) in [7, 11) is 1.81. The van der Waals surface area contributed by atoms with E-state index in [1.807, 2.05) is 49.5 Å². The zero-order valence-corrected chi connectivity index (χ0v) is 17.6. The van der Waals surface area contributed by atoms with Gasteiger partial charge < -0.3 is 10.0 Å². The lowest BCUT2D eigenvalue weighted by Gasteiger charge is -2.26. The second-order valence-electron chi connectivity index (χ2n) is 5.78. The zero-order chi connectivity index (χ0) is 20.3. The van der Waals surface area contributed by atoms with Crippen molar-refractivity contribution in [1.29, 1.82) is 0 Å². The maximum Gasteiger partial charge on any atom is 0.348 e. The van der Waals surface area contributed by atoms with Gasteiger partial charge in [-0.1, -0.05) is 29.8 Å². The molecule has 4 nitrogen and oxygen atoms in total. The number of para-hydroxylation sites is 1. The molecule has 1 aromatic heterocycles. The standard InChI is InChI=1S/C20H18ClFN2O2S2/c1-3-24(12-7-5-4-6-8-12)16-10-14(21)13(9-18(16)28-23-2)17-11-15(22)19(27-17)20(25)26/h4-11,23H,3H2,1-2H3,(H,25,26). The number of halogens is 2. The average Bonchev–Trinajstić information content (AvgIpc) is 3.07. The molecule has 2 aromatic carbocycles. The van der Waals surface area contributed by atoms with E-state index >= 15 is 0 Å². The summed E-state index contributed by atoms with van der Waals surface area (Å²) in [5.41, 5.74) is 2.54. The third-order valence-corrected chi connectivity index (χ3v) is 6.28. The van der Waals surface area contributed by atoms with Gasteiger partial charge in [-0.25, -0.2) is 9.18 Å². The minimum absolute atomic E-state index is 0.322. The van der Waals surface area contributed by atoms with E-state index < -0.39 is 11.8 Å². The van der Waals surface area contributed by atoms with Crippen LogP contribution in [0.1, 0.15) is 16.6 Å². The fourth-order valence-corrected chi connectivity index (χ4v) is 4.77. The van der Waals surface area contributed by atoms with Crippen molar-refractivity contribution in [3.63, 3.8) is 0 Å². The van der Waals surface area contributed by atoms with Crippen molar-refractivity contribution in [3.8, 4) is 10.4 Å². The minimum Gasteiger partial charge on any atom is -0.477 e. The monoisotopic (exact) mass is 436 g/mol. The Morgan fingerprint density at radius 2 is 2.00 bits per heavy atom. The van der Waals surface area contributed by atoms with Crippen molar-refractivity contribution >= 4 is 52.2 Å². The quantitative estimate of drug-likeness (QED) is 0.426. The third kappa shape index (κ3) is 4.17. The fourth-order valence-electron chi connectivity index (χ4n) is 2.88. The van der Waals surface area contributed by atoms with Crippen LogP contribution < -0.4 is 9.62 Å². The van der Waals surface area contributed by atoms with Crippen molar-refractivity contribution in [2.75, 3.05) is 18.5 Å². The van der Waals surface area contributed by atoms with Crippen LogP contribution in [0, 0.1) is 5.82 Å². The summed E-state index contributed by atoms with van der Waals surface area (Å²) in [4.78, 5) is 14.4. The van der Waals surface area contributed by atoms with Gasteiger partial charge >= 0.3 is 5.97 Å². The second-order valence-corrected chi connectivity index (χ2v) is 8.29. The van der Waals surface area contributed by atoms with Gasteiger partial charge in [0.15, 0.2) is 0 Å². The number of benzene rings is 2. The number of anilines is 2. The van der Waals surface area contributed by atoms with Crippen LogP contribution in [0.15, 0.2) is 53.4 Å². The Morgan fingerprint density at radius 1 is 1.29 bits per heavy atom. The maximum atomic E-state index is 14.0. The highest BCUT2D eigenvalue weighted by Gasteiger charge is 2.21. The van der Waals surface area contributed by atoms with Crippen molar-refractivity contribution in [1.82, 2.24) is 4.72 Å². The lowest BCUT2D eigenvalue weighted by atomic mass is 10.1. The molecule has 1 heterocycles. The molecule has 0 aliphatic rings. The Hall–Kier alpha value is -2.06. The molecule has 0 spiro atoms. The number of carboxylic acid groups (broad SMARTS) is 1. The molecule has 146 valence electrons. The molecule has 0 saturated carbocycles. The first-order valence-corrected chi connectivity index (χ1v) is 10.5. The maximum absolute atomic E-state index is 14.0. The number of nitrogens with one attached hydrogen (secondary N) is 1. The van der Waals surface area contributed by atoms with E-state index in [2.05, 4.69) is 16.5 Å². The van der Waals surface area contributed by atoms with E-state index in [9.17, 15) is 9.18 Å². The van der Waals surface area contributed by atoms with Gasteiger partial charge in [0.25, 0.3) is 0 Å². The Balaban J connectivity index is 2.12. The Bertz CT molecular complexity index is 995. The molecule has 0 aliphatic heterocycles. The summed E-state index contributed by atoms with van der Waals surface area (Å²) >= 11 is 8.84. The molecule has 0 fully saturated rings. The molecule has 0 atom stereocenters. The summed E-state index contributed by atoms with van der Waals surface area (Å²) in [6.07, 6.45) is 0. The highest BCUT2D eigenvalue weighted by atomic mass is 35.5. The van der Waals surface area contributed by atoms with Gasteiger partial charge in [-0.2, -0.15) is 0 Å². The van der Waals surface area contributed by atoms with E-state index in [0.717, 1.165) is 34.2 Å². The van der Waals surface area contributed by atoms with E-state index in [-0.39, 0.29) is 4.88 Å². The van der Waals surface area contributed by atoms with Crippen LogP contribution in [0.3, 0.4) is 0 Å². The van der Waals surface area contributed by atoms with Gasteiger partial charge in [-0.05, 0) is 56.3 Å².